The second-order valence-electron chi connectivity index (χ2n) is 5.60. The number of carbonyl (C=O) groups excluding carboxylic acids is 1. The minimum Gasteiger partial charge on any atom is -0.382 e. The van der Waals surface area contributed by atoms with Gasteiger partial charge in [-0.2, -0.15) is 5.10 Å². The summed E-state index contributed by atoms with van der Waals surface area (Å²) >= 11 is 3.50. The first-order valence-electron chi connectivity index (χ1n) is 7.50. The van der Waals surface area contributed by atoms with Crippen molar-refractivity contribution in [2.45, 2.75) is 11.8 Å². The lowest BCUT2D eigenvalue weighted by Gasteiger charge is -2.32. The maximum absolute atomic E-state index is 10.7. The molecule has 0 saturated carbocycles. The van der Waals surface area contributed by atoms with Crippen LogP contribution in [-0.2, 0) is 16.6 Å². The van der Waals surface area contributed by atoms with Crippen LogP contribution in [0.1, 0.15) is 21.0 Å². The molecule has 0 spiro atoms. The van der Waals surface area contributed by atoms with Gasteiger partial charge in [0.25, 0.3) is 0 Å². The van der Waals surface area contributed by atoms with Crippen LogP contribution in [0, 0.1) is 0 Å². The summed E-state index contributed by atoms with van der Waals surface area (Å²) in [6.07, 6.45) is 8.89. The number of thiophene rings is 2. The number of allylic oxidation sites excluding steroid dienone is 2. The Balaban J connectivity index is 1.90. The van der Waals surface area contributed by atoms with Crippen molar-refractivity contribution in [2.24, 2.45) is 0 Å². The van der Waals surface area contributed by atoms with Crippen LogP contribution in [-0.4, -0.2) is 16.1 Å². The molecule has 120 valence electrons. The van der Waals surface area contributed by atoms with Crippen LogP contribution in [0.25, 0.3) is 12.3 Å². The SMILES string of the molecule is Nc1nn(C=CC=O)c2c1C=CC(c1cccs1)(c1cccs1)C2. The van der Waals surface area contributed by atoms with E-state index in [4.69, 9.17) is 5.73 Å². The van der Waals surface area contributed by atoms with Crippen molar-refractivity contribution in [1.82, 2.24) is 9.78 Å². The van der Waals surface area contributed by atoms with Crippen LogP contribution in [0.15, 0.2) is 47.2 Å². The molecular weight excluding hydrogens is 338 g/mol. The molecule has 3 aromatic rings. The average molecular weight is 353 g/mol. The van der Waals surface area contributed by atoms with E-state index in [1.54, 1.807) is 33.6 Å². The van der Waals surface area contributed by atoms with Crippen molar-refractivity contribution < 1.29 is 4.79 Å². The van der Waals surface area contributed by atoms with Crippen molar-refractivity contribution in [3.05, 3.63) is 68.2 Å². The Morgan fingerprint density at radius 1 is 1.21 bits per heavy atom. The first-order valence-corrected chi connectivity index (χ1v) is 9.26. The molecule has 0 unspecified atom stereocenters. The van der Waals surface area contributed by atoms with E-state index in [0.29, 0.717) is 5.82 Å². The van der Waals surface area contributed by atoms with Crippen LogP contribution in [0.2, 0.25) is 0 Å². The summed E-state index contributed by atoms with van der Waals surface area (Å²) in [5.41, 5.74) is 7.81. The Bertz CT molecular complexity index is 884. The maximum atomic E-state index is 10.7. The molecule has 0 saturated heterocycles. The first-order chi connectivity index (χ1) is 11.7. The summed E-state index contributed by atoms with van der Waals surface area (Å²) in [5.74, 6) is 0.489. The third-order valence-corrected chi connectivity index (χ3v) is 6.38. The van der Waals surface area contributed by atoms with E-state index in [9.17, 15) is 4.79 Å². The Morgan fingerprint density at radius 2 is 1.92 bits per heavy atom. The van der Waals surface area contributed by atoms with Crippen LogP contribution in [0.4, 0.5) is 5.82 Å². The largest absolute Gasteiger partial charge is 0.382 e. The highest BCUT2D eigenvalue weighted by Crippen LogP contribution is 2.45. The van der Waals surface area contributed by atoms with Crippen LogP contribution < -0.4 is 5.73 Å². The van der Waals surface area contributed by atoms with Gasteiger partial charge in [0.1, 0.15) is 6.29 Å². The van der Waals surface area contributed by atoms with Gasteiger partial charge in [-0.25, -0.2) is 4.68 Å². The number of nitrogens with zero attached hydrogens (tertiary/aromatic N) is 2. The number of aromatic nitrogens is 2. The Labute approximate surface area is 147 Å². The molecule has 24 heavy (non-hydrogen) atoms. The lowest BCUT2D eigenvalue weighted by molar-refractivity contribution is -0.104. The number of anilines is 1. The number of carbonyl (C=O) groups is 1. The number of rotatable bonds is 4. The molecule has 0 amide bonds. The van der Waals surface area contributed by atoms with E-state index in [1.807, 2.05) is 0 Å². The quantitative estimate of drug-likeness (QED) is 0.573. The minimum atomic E-state index is -0.214. The molecule has 2 N–H and O–H groups in total. The van der Waals surface area contributed by atoms with E-state index in [-0.39, 0.29) is 5.41 Å². The van der Waals surface area contributed by atoms with E-state index in [1.165, 1.54) is 15.8 Å². The number of hydrogen-bond donors (Lipinski definition) is 1. The predicted octanol–water partition coefficient (Wildman–Crippen LogP) is 3.81. The van der Waals surface area contributed by atoms with Crippen molar-refractivity contribution >= 4 is 47.1 Å². The monoisotopic (exact) mass is 353 g/mol. The second-order valence-corrected chi connectivity index (χ2v) is 7.50. The third kappa shape index (κ3) is 2.26. The predicted molar refractivity (Wildman–Crippen MR) is 100 cm³/mol. The van der Waals surface area contributed by atoms with E-state index < -0.39 is 0 Å². The van der Waals surface area contributed by atoms with E-state index in [0.717, 1.165) is 24.0 Å². The minimum absolute atomic E-state index is 0.214. The summed E-state index contributed by atoms with van der Waals surface area (Å²) in [6, 6.07) is 8.50. The normalized spacial score (nSPS) is 15.7. The highest BCUT2D eigenvalue weighted by Gasteiger charge is 2.38. The summed E-state index contributed by atoms with van der Waals surface area (Å²) in [7, 11) is 0. The van der Waals surface area contributed by atoms with Gasteiger partial charge >= 0.3 is 0 Å². The van der Waals surface area contributed by atoms with E-state index in [2.05, 4.69) is 52.3 Å². The molecule has 0 aromatic carbocycles. The van der Waals surface area contributed by atoms with Gasteiger partial charge in [-0.3, -0.25) is 4.79 Å². The third-order valence-electron chi connectivity index (χ3n) is 4.29. The fraction of sp³-hybridized carbons (Fsp3) is 0.111. The molecular formula is C18H15N3OS2. The number of nitrogens with two attached hydrogens (primary N) is 1. The van der Waals surface area contributed by atoms with Crippen LogP contribution in [0.5, 0.6) is 0 Å². The molecule has 0 radical (unpaired) electrons. The van der Waals surface area contributed by atoms with Crippen molar-refractivity contribution in [2.75, 3.05) is 5.73 Å². The lowest BCUT2D eigenvalue weighted by Crippen LogP contribution is -2.29. The van der Waals surface area contributed by atoms with Gasteiger partial charge in [0.15, 0.2) is 5.82 Å². The maximum Gasteiger partial charge on any atom is 0.153 e. The zero-order chi connectivity index (χ0) is 16.6. The lowest BCUT2D eigenvalue weighted by atomic mass is 9.76. The molecule has 0 fully saturated rings. The topological polar surface area (TPSA) is 60.9 Å². The van der Waals surface area contributed by atoms with Crippen LogP contribution in [0.3, 0.4) is 0 Å². The molecule has 4 rings (SSSR count). The van der Waals surface area contributed by atoms with Gasteiger partial charge in [0.2, 0.25) is 0 Å². The fourth-order valence-corrected chi connectivity index (χ4v) is 5.08. The van der Waals surface area contributed by atoms with E-state index >= 15 is 0 Å². The van der Waals surface area contributed by atoms with Crippen molar-refractivity contribution in [1.29, 1.82) is 0 Å². The summed E-state index contributed by atoms with van der Waals surface area (Å²) < 4.78 is 1.72. The summed E-state index contributed by atoms with van der Waals surface area (Å²) in [4.78, 5) is 13.3. The van der Waals surface area contributed by atoms with Gasteiger partial charge in [-0.1, -0.05) is 24.3 Å². The Morgan fingerprint density at radius 3 is 2.50 bits per heavy atom. The average Bonchev–Trinajstić information content (AvgIpc) is 3.35. The smallest absolute Gasteiger partial charge is 0.153 e. The zero-order valence-corrected chi connectivity index (χ0v) is 14.4. The number of nitrogen functional groups attached to an aromatic ring is 1. The molecule has 3 aromatic heterocycles. The fourth-order valence-electron chi connectivity index (χ4n) is 3.17. The first kappa shape index (κ1) is 15.1. The second kappa shape index (κ2) is 5.89. The molecule has 0 bridgehead atoms. The molecule has 0 atom stereocenters. The highest BCUT2D eigenvalue weighted by molar-refractivity contribution is 7.11. The molecule has 1 aliphatic rings. The molecule has 0 aliphatic heterocycles. The van der Waals surface area contributed by atoms with Crippen molar-refractivity contribution in [3.8, 4) is 0 Å². The molecule has 4 nitrogen and oxygen atoms in total. The Hall–Kier alpha value is -2.44. The standard InChI is InChI=1S/C18H15N3OS2/c19-17-13-6-7-18(15-4-1-10-23-15,16-5-2-11-24-16)12-14(13)21(20-17)8-3-9-22/h1-11H,12H2,(H2,19,20). The van der Waals surface area contributed by atoms with Gasteiger partial charge in [-0.05, 0) is 29.0 Å². The summed E-state index contributed by atoms with van der Waals surface area (Å²) in [6.45, 7) is 0. The van der Waals surface area contributed by atoms with Gasteiger partial charge < -0.3 is 5.73 Å². The van der Waals surface area contributed by atoms with Crippen molar-refractivity contribution in [3.63, 3.8) is 0 Å². The molecule has 3 heterocycles. The molecule has 1 aliphatic carbocycles. The number of aldehydes is 1. The molecule has 6 heteroatoms. The number of fused-ring (bicyclic) bond motifs is 1. The van der Waals surface area contributed by atoms with Gasteiger partial charge in [0, 0.05) is 27.9 Å². The van der Waals surface area contributed by atoms with Gasteiger partial charge in [0.05, 0.1) is 11.1 Å². The zero-order valence-electron chi connectivity index (χ0n) is 12.8. The van der Waals surface area contributed by atoms with Crippen LogP contribution >= 0.6 is 22.7 Å². The van der Waals surface area contributed by atoms with Gasteiger partial charge in [-0.15, -0.1) is 22.7 Å². The summed E-state index contributed by atoms with van der Waals surface area (Å²) in [5, 5.41) is 8.57. The highest BCUT2D eigenvalue weighted by atomic mass is 32.1. The number of hydrogen-bond acceptors (Lipinski definition) is 5. The Kier molecular flexibility index (Phi) is 3.70.